The molecular weight excluding hydrogens is 231 g/mol. The van der Waals surface area contributed by atoms with E-state index in [-0.39, 0.29) is 13.0 Å². The van der Waals surface area contributed by atoms with Gasteiger partial charge in [-0.15, -0.1) is 0 Å². The van der Waals surface area contributed by atoms with Crippen LogP contribution in [0.4, 0.5) is 13.2 Å². The maximum atomic E-state index is 12.0. The summed E-state index contributed by atoms with van der Waals surface area (Å²) < 4.78 is 37.8. The first-order valence-corrected chi connectivity index (χ1v) is 5.29. The van der Waals surface area contributed by atoms with Crippen LogP contribution in [0, 0.1) is 6.92 Å². The number of aromatic nitrogens is 3. The highest BCUT2D eigenvalue weighted by Crippen LogP contribution is 2.25. The second-order valence-corrected chi connectivity index (χ2v) is 3.98. The third-order valence-electron chi connectivity index (χ3n) is 2.59. The average Bonchev–Trinajstić information content (AvgIpc) is 2.60. The Morgan fingerprint density at radius 3 is 2.76 bits per heavy atom. The number of hydrogen-bond donors (Lipinski definition) is 0. The molecule has 17 heavy (non-hydrogen) atoms. The van der Waals surface area contributed by atoms with Gasteiger partial charge in [-0.05, 0) is 18.9 Å². The van der Waals surface area contributed by atoms with Crippen LogP contribution in [0.2, 0.25) is 0 Å². The monoisotopic (exact) mass is 243 g/mol. The summed E-state index contributed by atoms with van der Waals surface area (Å²) in [6, 6.07) is 0. The summed E-state index contributed by atoms with van der Waals surface area (Å²) in [4.78, 5) is 8.18. The Hall–Kier alpha value is -1.59. The average molecular weight is 243 g/mol. The van der Waals surface area contributed by atoms with Crippen molar-refractivity contribution in [1.82, 2.24) is 14.5 Å². The van der Waals surface area contributed by atoms with Crippen LogP contribution < -0.4 is 0 Å². The molecule has 2 rings (SSSR count). The zero-order valence-corrected chi connectivity index (χ0v) is 9.33. The van der Waals surface area contributed by atoms with E-state index in [9.17, 15) is 13.2 Å². The van der Waals surface area contributed by atoms with Crippen molar-refractivity contribution in [3.63, 3.8) is 0 Å². The maximum Gasteiger partial charge on any atom is 0.389 e. The molecule has 0 aromatic carbocycles. The van der Waals surface area contributed by atoms with Crippen LogP contribution in [0.15, 0.2) is 18.7 Å². The van der Waals surface area contributed by atoms with E-state index in [4.69, 9.17) is 0 Å². The van der Waals surface area contributed by atoms with Gasteiger partial charge in [-0.3, -0.25) is 0 Å². The minimum absolute atomic E-state index is 0.0425. The van der Waals surface area contributed by atoms with Gasteiger partial charge in [-0.2, -0.15) is 13.2 Å². The van der Waals surface area contributed by atoms with Crippen LogP contribution in [-0.2, 0) is 6.54 Å². The first kappa shape index (κ1) is 11.9. The summed E-state index contributed by atoms with van der Waals surface area (Å²) in [7, 11) is 0. The SMILES string of the molecule is Cc1cnc2n(CCCC(F)(F)F)cncc1-2. The predicted octanol–water partition coefficient (Wildman–Crippen LogP) is 3.03. The first-order chi connectivity index (χ1) is 7.97. The zero-order chi connectivity index (χ0) is 12.5. The molecule has 0 N–H and O–H groups in total. The normalized spacial score (nSPS) is 12.2. The molecule has 2 aliphatic heterocycles. The molecule has 0 saturated carbocycles. The van der Waals surface area contributed by atoms with E-state index in [1.54, 1.807) is 17.0 Å². The van der Waals surface area contributed by atoms with Crippen molar-refractivity contribution >= 4 is 0 Å². The molecule has 2 aliphatic rings. The Morgan fingerprint density at radius 2 is 2.06 bits per heavy atom. The molecule has 0 amide bonds. The molecule has 0 spiro atoms. The van der Waals surface area contributed by atoms with Crippen LogP contribution in [0.25, 0.3) is 11.4 Å². The Bertz CT molecular complexity index is 476. The fraction of sp³-hybridized carbons (Fsp3) is 0.455. The lowest BCUT2D eigenvalue weighted by molar-refractivity contribution is -0.135. The number of hydrogen-bond acceptors (Lipinski definition) is 2. The van der Waals surface area contributed by atoms with E-state index in [1.807, 2.05) is 6.92 Å². The van der Waals surface area contributed by atoms with E-state index in [0.717, 1.165) is 11.1 Å². The molecule has 0 aromatic rings. The second kappa shape index (κ2) is 4.35. The van der Waals surface area contributed by atoms with Gasteiger partial charge in [0.15, 0.2) is 0 Å². The van der Waals surface area contributed by atoms with Crippen LogP contribution in [0.1, 0.15) is 18.4 Å². The van der Waals surface area contributed by atoms with Crippen LogP contribution >= 0.6 is 0 Å². The molecule has 92 valence electrons. The smallest absolute Gasteiger partial charge is 0.317 e. The van der Waals surface area contributed by atoms with Crippen LogP contribution in [0.5, 0.6) is 0 Å². The van der Waals surface area contributed by atoms with Gasteiger partial charge in [0.25, 0.3) is 0 Å². The van der Waals surface area contributed by atoms with Crippen molar-refractivity contribution in [2.75, 3.05) is 0 Å². The minimum atomic E-state index is -4.10. The molecule has 0 saturated heterocycles. The summed E-state index contributed by atoms with van der Waals surface area (Å²) in [5.74, 6) is 0.694. The lowest BCUT2D eigenvalue weighted by Crippen LogP contribution is -2.11. The fourth-order valence-electron chi connectivity index (χ4n) is 1.72. The first-order valence-electron chi connectivity index (χ1n) is 5.29. The van der Waals surface area contributed by atoms with E-state index < -0.39 is 12.6 Å². The highest BCUT2D eigenvalue weighted by molar-refractivity contribution is 5.60. The van der Waals surface area contributed by atoms with E-state index in [1.165, 1.54) is 6.33 Å². The van der Waals surface area contributed by atoms with Gasteiger partial charge in [0.1, 0.15) is 5.82 Å². The Morgan fingerprint density at radius 1 is 1.29 bits per heavy atom. The molecule has 0 fully saturated rings. The molecule has 6 heteroatoms. The van der Waals surface area contributed by atoms with Crippen LogP contribution in [0.3, 0.4) is 0 Å². The van der Waals surface area contributed by atoms with Crippen molar-refractivity contribution in [2.45, 2.75) is 32.5 Å². The fourth-order valence-corrected chi connectivity index (χ4v) is 1.72. The third-order valence-corrected chi connectivity index (χ3v) is 2.59. The largest absolute Gasteiger partial charge is 0.389 e. The molecule has 0 aliphatic carbocycles. The molecular formula is C11H12F3N3. The Kier molecular flexibility index (Phi) is 3.04. The van der Waals surface area contributed by atoms with Crippen molar-refractivity contribution in [1.29, 1.82) is 0 Å². The molecule has 0 radical (unpaired) electrons. The van der Waals surface area contributed by atoms with Crippen molar-refractivity contribution in [3.8, 4) is 11.4 Å². The highest BCUT2D eigenvalue weighted by atomic mass is 19.4. The number of aryl methyl sites for hydroxylation is 2. The van der Waals surface area contributed by atoms with Crippen molar-refractivity contribution in [3.05, 3.63) is 24.3 Å². The molecule has 0 atom stereocenters. The highest BCUT2D eigenvalue weighted by Gasteiger charge is 2.26. The molecule has 2 heterocycles. The van der Waals surface area contributed by atoms with Crippen LogP contribution in [-0.4, -0.2) is 20.7 Å². The summed E-state index contributed by atoms with van der Waals surface area (Å²) >= 11 is 0. The Labute approximate surface area is 96.6 Å². The van der Waals surface area contributed by atoms with Gasteiger partial charge < -0.3 is 4.57 Å². The topological polar surface area (TPSA) is 30.7 Å². The number of nitrogens with zero attached hydrogens (tertiary/aromatic N) is 3. The zero-order valence-electron chi connectivity index (χ0n) is 9.33. The van der Waals surface area contributed by atoms with Gasteiger partial charge in [0.05, 0.1) is 6.33 Å². The number of halogens is 3. The van der Waals surface area contributed by atoms with E-state index in [2.05, 4.69) is 9.97 Å². The quantitative estimate of drug-likeness (QED) is 0.829. The lowest BCUT2D eigenvalue weighted by Gasteiger charge is -2.11. The third kappa shape index (κ3) is 2.75. The van der Waals surface area contributed by atoms with E-state index >= 15 is 0 Å². The number of alkyl halides is 3. The minimum Gasteiger partial charge on any atom is -0.317 e. The van der Waals surface area contributed by atoms with E-state index in [0.29, 0.717) is 5.82 Å². The van der Waals surface area contributed by atoms with Gasteiger partial charge in [0.2, 0.25) is 0 Å². The van der Waals surface area contributed by atoms with Crippen molar-refractivity contribution < 1.29 is 13.2 Å². The maximum absolute atomic E-state index is 12.0. The van der Waals surface area contributed by atoms with Gasteiger partial charge in [-0.1, -0.05) is 0 Å². The summed E-state index contributed by atoms with van der Waals surface area (Å²) in [5, 5.41) is 0. The summed E-state index contributed by atoms with van der Waals surface area (Å²) in [5.41, 5.74) is 1.87. The lowest BCUT2D eigenvalue weighted by atomic mass is 10.2. The van der Waals surface area contributed by atoms with Crippen molar-refractivity contribution in [2.24, 2.45) is 0 Å². The number of rotatable bonds is 3. The summed E-state index contributed by atoms with van der Waals surface area (Å²) in [6.45, 7) is 2.18. The molecule has 0 unspecified atom stereocenters. The predicted molar refractivity (Wildman–Crippen MR) is 56.7 cm³/mol. The van der Waals surface area contributed by atoms with Gasteiger partial charge in [-0.25, -0.2) is 9.97 Å². The Balaban J connectivity index is 2.08. The molecule has 3 nitrogen and oxygen atoms in total. The van der Waals surface area contributed by atoms with Gasteiger partial charge >= 0.3 is 6.18 Å². The molecule has 0 aromatic heterocycles. The molecule has 0 bridgehead atoms. The number of fused-ring (bicyclic) bond motifs is 1. The standard InChI is InChI=1S/C11H12F3N3/c1-8-5-16-10-9(8)6-15-7-17(10)4-2-3-11(12,13)14/h5-7H,2-4H2,1H3. The summed E-state index contributed by atoms with van der Waals surface area (Å²) in [6.07, 6.45) is 0.0594. The second-order valence-electron chi connectivity index (χ2n) is 3.98. The van der Waals surface area contributed by atoms with Gasteiger partial charge in [0, 0.05) is 30.9 Å².